The van der Waals surface area contributed by atoms with E-state index in [1.165, 1.54) is 0 Å². The molecule has 3 N–H and O–H groups in total. The van der Waals surface area contributed by atoms with Gasteiger partial charge in [0, 0.05) is 5.69 Å². The van der Waals surface area contributed by atoms with E-state index in [0.717, 1.165) is 18.5 Å². The Balaban J connectivity index is 2.47. The number of anilines is 1. The first kappa shape index (κ1) is 13.0. The molecule has 1 heterocycles. The summed E-state index contributed by atoms with van der Waals surface area (Å²) in [5.41, 5.74) is 4.87. The zero-order valence-electron chi connectivity index (χ0n) is 8.71. The van der Waals surface area contributed by atoms with Crippen LogP contribution in [-0.2, 0) is 0 Å². The molecule has 4 nitrogen and oxygen atoms in total. The highest BCUT2D eigenvalue weighted by atomic mass is 79.9. The Hall–Kier alpha value is -1.41. The van der Waals surface area contributed by atoms with Crippen LogP contribution >= 0.6 is 27.7 Å². The molecule has 0 amide bonds. The van der Waals surface area contributed by atoms with Gasteiger partial charge >= 0.3 is 0 Å². The molecule has 0 unspecified atom stereocenters. The molecular weight excluding hydrogens is 328 g/mol. The highest BCUT2D eigenvalue weighted by Gasteiger charge is 2.15. The zero-order chi connectivity index (χ0) is 13.3. The van der Waals surface area contributed by atoms with Gasteiger partial charge in [0.2, 0.25) is 0 Å². The van der Waals surface area contributed by atoms with Crippen LogP contribution < -0.4 is 11.3 Å². The monoisotopic (exact) mass is 333 g/mol. The predicted octanol–water partition coefficient (Wildman–Crippen LogP) is 2.54. The number of aromatic nitrogens is 2. The molecule has 0 radical (unpaired) electrons. The summed E-state index contributed by atoms with van der Waals surface area (Å²) in [6.45, 7) is 0. The predicted molar refractivity (Wildman–Crippen MR) is 67.5 cm³/mol. The maximum Gasteiger partial charge on any atom is 0.266 e. The lowest BCUT2D eigenvalue weighted by atomic mass is 10.3. The molecular formula is C10H6BrF2N3OS. The smallest absolute Gasteiger partial charge is 0.266 e. The van der Waals surface area contributed by atoms with Crippen molar-refractivity contribution in [1.82, 2.24) is 9.97 Å². The Labute approximate surface area is 113 Å². The van der Waals surface area contributed by atoms with Crippen LogP contribution in [0, 0.1) is 11.6 Å². The van der Waals surface area contributed by atoms with Gasteiger partial charge in [0.05, 0.1) is 11.2 Å². The molecule has 1 aromatic heterocycles. The number of nitrogens with one attached hydrogen (secondary N) is 1. The van der Waals surface area contributed by atoms with Crippen LogP contribution in [0.25, 0.3) is 0 Å². The number of hydrogen-bond acceptors (Lipinski definition) is 4. The van der Waals surface area contributed by atoms with Crippen LogP contribution in [0.2, 0.25) is 0 Å². The van der Waals surface area contributed by atoms with E-state index in [2.05, 4.69) is 25.9 Å². The molecule has 0 saturated carbocycles. The van der Waals surface area contributed by atoms with Gasteiger partial charge in [0.25, 0.3) is 5.56 Å². The van der Waals surface area contributed by atoms with Crippen molar-refractivity contribution in [1.29, 1.82) is 0 Å². The fourth-order valence-electron chi connectivity index (χ4n) is 1.21. The molecule has 8 heteroatoms. The van der Waals surface area contributed by atoms with Gasteiger partial charge in [-0.3, -0.25) is 4.79 Å². The van der Waals surface area contributed by atoms with E-state index in [9.17, 15) is 13.6 Å². The third-order valence-corrected chi connectivity index (χ3v) is 4.08. The molecule has 0 aliphatic heterocycles. The number of nitrogens with two attached hydrogens (primary N) is 1. The van der Waals surface area contributed by atoms with Crippen LogP contribution in [0.4, 0.5) is 14.5 Å². The third-order valence-electron chi connectivity index (χ3n) is 1.98. The van der Waals surface area contributed by atoms with Gasteiger partial charge in [-0.2, -0.15) is 0 Å². The largest absolute Gasteiger partial charge is 0.399 e. The van der Waals surface area contributed by atoms with Crippen molar-refractivity contribution >= 4 is 33.4 Å². The average Bonchev–Trinajstić information content (AvgIpc) is 2.28. The molecule has 0 fully saturated rings. The van der Waals surface area contributed by atoms with Crippen LogP contribution in [0.3, 0.4) is 0 Å². The van der Waals surface area contributed by atoms with Crippen molar-refractivity contribution in [3.8, 4) is 0 Å². The molecule has 0 atom stereocenters. The van der Waals surface area contributed by atoms with Crippen molar-refractivity contribution in [2.75, 3.05) is 5.73 Å². The lowest BCUT2D eigenvalue weighted by Crippen LogP contribution is -2.08. The lowest BCUT2D eigenvalue weighted by molar-refractivity contribution is 0.541. The number of nitrogen functional groups attached to an aromatic ring is 1. The summed E-state index contributed by atoms with van der Waals surface area (Å²) in [5.74, 6) is -1.60. The van der Waals surface area contributed by atoms with Crippen LogP contribution in [-0.4, -0.2) is 9.97 Å². The average molecular weight is 334 g/mol. The second-order valence-electron chi connectivity index (χ2n) is 3.27. The Kier molecular flexibility index (Phi) is 3.67. The normalized spacial score (nSPS) is 10.6. The number of hydrogen-bond donors (Lipinski definition) is 2. The van der Waals surface area contributed by atoms with Gasteiger partial charge < -0.3 is 10.7 Å². The van der Waals surface area contributed by atoms with Gasteiger partial charge in [-0.15, -0.1) is 0 Å². The maximum atomic E-state index is 13.6. The molecule has 0 bridgehead atoms. The van der Waals surface area contributed by atoms with Crippen LogP contribution in [0.1, 0.15) is 0 Å². The first-order chi connectivity index (χ1) is 8.49. The highest BCUT2D eigenvalue weighted by molar-refractivity contribution is 9.10. The quantitative estimate of drug-likeness (QED) is 0.654. The van der Waals surface area contributed by atoms with Crippen molar-refractivity contribution in [3.05, 3.63) is 44.9 Å². The lowest BCUT2D eigenvalue weighted by Gasteiger charge is -2.06. The third kappa shape index (κ3) is 2.54. The molecule has 18 heavy (non-hydrogen) atoms. The molecule has 0 spiro atoms. The molecule has 94 valence electrons. The first-order valence-electron chi connectivity index (χ1n) is 4.64. The van der Waals surface area contributed by atoms with E-state index in [0.29, 0.717) is 11.8 Å². The van der Waals surface area contributed by atoms with E-state index in [4.69, 9.17) is 5.73 Å². The molecule has 2 rings (SSSR count). The molecule has 0 aliphatic carbocycles. The Bertz CT molecular complexity index is 639. The van der Waals surface area contributed by atoms with Crippen molar-refractivity contribution in [2.45, 2.75) is 9.92 Å². The molecule has 2 aromatic rings. The van der Waals surface area contributed by atoms with Crippen LogP contribution in [0.5, 0.6) is 0 Å². The fourth-order valence-corrected chi connectivity index (χ4v) is 2.47. The topological polar surface area (TPSA) is 71.8 Å². The van der Waals surface area contributed by atoms with Gasteiger partial charge in [0.15, 0.2) is 0 Å². The van der Waals surface area contributed by atoms with Crippen molar-refractivity contribution < 1.29 is 8.78 Å². The standard InChI is InChI=1S/C10H6BrF2N3OS/c11-7-9(17)15-3-16-10(7)18-8-5(12)1-4(14)2-6(8)13/h1-3H,14H2,(H,15,16,17). The zero-order valence-corrected chi connectivity index (χ0v) is 11.1. The van der Waals surface area contributed by atoms with Gasteiger partial charge in [-0.25, -0.2) is 13.8 Å². The minimum atomic E-state index is -0.800. The number of H-pyrrole nitrogens is 1. The Morgan fingerprint density at radius 3 is 2.56 bits per heavy atom. The summed E-state index contributed by atoms with van der Waals surface area (Å²) in [5, 5.41) is 0.168. The van der Waals surface area contributed by atoms with Gasteiger partial charge in [-0.1, -0.05) is 11.8 Å². The number of nitrogens with zero attached hydrogens (tertiary/aromatic N) is 1. The minimum Gasteiger partial charge on any atom is -0.399 e. The molecule has 0 aliphatic rings. The fraction of sp³-hybridized carbons (Fsp3) is 0. The summed E-state index contributed by atoms with van der Waals surface area (Å²) in [6.07, 6.45) is 1.16. The first-order valence-corrected chi connectivity index (χ1v) is 6.25. The number of benzene rings is 1. The second-order valence-corrected chi connectivity index (χ2v) is 5.06. The Morgan fingerprint density at radius 2 is 1.94 bits per heavy atom. The van der Waals surface area contributed by atoms with Crippen molar-refractivity contribution in [3.63, 3.8) is 0 Å². The van der Waals surface area contributed by atoms with E-state index < -0.39 is 17.2 Å². The Morgan fingerprint density at radius 1 is 1.33 bits per heavy atom. The number of halogens is 3. The summed E-state index contributed by atoms with van der Waals surface area (Å²) in [6, 6.07) is 2.01. The second kappa shape index (κ2) is 5.07. The highest BCUT2D eigenvalue weighted by Crippen LogP contribution is 2.34. The van der Waals surface area contributed by atoms with E-state index in [1.54, 1.807) is 0 Å². The van der Waals surface area contributed by atoms with Gasteiger partial charge in [-0.05, 0) is 28.1 Å². The van der Waals surface area contributed by atoms with Crippen LogP contribution in [0.15, 0.2) is 37.6 Å². The molecule has 1 aromatic carbocycles. The molecule has 0 saturated heterocycles. The van der Waals surface area contributed by atoms with E-state index in [-0.39, 0.29) is 20.1 Å². The number of rotatable bonds is 2. The maximum absolute atomic E-state index is 13.6. The summed E-state index contributed by atoms with van der Waals surface area (Å²) in [4.78, 5) is 17.2. The van der Waals surface area contributed by atoms with Crippen molar-refractivity contribution in [2.24, 2.45) is 0 Å². The summed E-state index contributed by atoms with van der Waals surface area (Å²) in [7, 11) is 0. The SMILES string of the molecule is Nc1cc(F)c(Sc2nc[nH]c(=O)c2Br)c(F)c1. The minimum absolute atomic E-state index is 0.00714. The number of aromatic amines is 1. The van der Waals surface area contributed by atoms with E-state index >= 15 is 0 Å². The van der Waals surface area contributed by atoms with E-state index in [1.807, 2.05) is 0 Å². The summed E-state index contributed by atoms with van der Waals surface area (Å²) >= 11 is 3.71. The summed E-state index contributed by atoms with van der Waals surface area (Å²) < 4.78 is 27.2. The van der Waals surface area contributed by atoms with Gasteiger partial charge in [0.1, 0.15) is 21.1 Å².